The van der Waals surface area contributed by atoms with Gasteiger partial charge < -0.3 is 15.2 Å². The Kier molecular flexibility index (Phi) is 3.25. The molecule has 0 aromatic rings. The summed E-state index contributed by atoms with van der Waals surface area (Å²) in [5.74, 6) is -0.649. The molecule has 2 heterocycles. The van der Waals surface area contributed by atoms with E-state index in [1.807, 2.05) is 6.92 Å². The number of aliphatic hydroxyl groups is 1. The minimum Gasteiger partial charge on any atom is -0.450 e. The summed E-state index contributed by atoms with van der Waals surface area (Å²) in [7, 11) is 0. The van der Waals surface area contributed by atoms with Crippen LogP contribution >= 0.6 is 11.6 Å². The lowest BCUT2D eigenvalue weighted by molar-refractivity contribution is -0.199. The van der Waals surface area contributed by atoms with Crippen LogP contribution < -0.4 is 5.32 Å². The van der Waals surface area contributed by atoms with Crippen molar-refractivity contribution >= 4 is 23.5 Å². The standard InChI is InChI=1S/C18H24ClNO4/c1-9-5-4-6-11(10(9)2)13(21)18-16(3)12(7-8-19)14(22)20-17(16,18)15(23)24-18/h11-13,21H,4-8H2,1-3H3,(H,20,22)/t11-,12-,13-,16+,17?,18?/m0/s1. The highest BCUT2D eigenvalue weighted by Gasteiger charge is 3.05. The number of hydrogen-bond donors (Lipinski definition) is 2. The van der Waals surface area contributed by atoms with Gasteiger partial charge in [0.15, 0.2) is 11.1 Å². The molecule has 0 bridgehead atoms. The fraction of sp³-hybridized carbons (Fsp3) is 0.778. The Morgan fingerprint density at radius 3 is 2.75 bits per heavy atom. The van der Waals surface area contributed by atoms with Crippen molar-refractivity contribution in [3.05, 3.63) is 11.1 Å². The highest BCUT2D eigenvalue weighted by Crippen LogP contribution is 2.82. The largest absolute Gasteiger partial charge is 0.450 e. The Labute approximate surface area is 146 Å². The number of halogens is 1. The zero-order valence-electron chi connectivity index (χ0n) is 14.3. The van der Waals surface area contributed by atoms with Gasteiger partial charge in [-0.3, -0.25) is 4.79 Å². The minimum absolute atomic E-state index is 0.0281. The summed E-state index contributed by atoms with van der Waals surface area (Å²) in [6.07, 6.45) is 2.64. The molecule has 132 valence electrons. The lowest BCUT2D eigenvalue weighted by Gasteiger charge is -2.43. The van der Waals surface area contributed by atoms with Gasteiger partial charge in [0.1, 0.15) is 6.10 Å². The number of rotatable bonds is 4. The number of aliphatic hydroxyl groups excluding tert-OH is 1. The van der Waals surface area contributed by atoms with Gasteiger partial charge in [0, 0.05) is 11.8 Å². The van der Waals surface area contributed by atoms with Crippen molar-refractivity contribution in [3.63, 3.8) is 0 Å². The van der Waals surface area contributed by atoms with Crippen molar-refractivity contribution < 1.29 is 19.4 Å². The number of piperidine rings is 1. The van der Waals surface area contributed by atoms with Crippen LogP contribution in [0.4, 0.5) is 0 Å². The number of hydrogen-bond acceptors (Lipinski definition) is 4. The van der Waals surface area contributed by atoms with E-state index >= 15 is 0 Å². The Balaban J connectivity index is 1.73. The summed E-state index contributed by atoms with van der Waals surface area (Å²) < 4.78 is 5.62. The maximum Gasteiger partial charge on any atom is 0.337 e. The Hall–Kier alpha value is -1.07. The molecule has 0 radical (unpaired) electrons. The highest BCUT2D eigenvalue weighted by atomic mass is 35.5. The summed E-state index contributed by atoms with van der Waals surface area (Å²) in [6, 6.07) is 0. The second kappa shape index (κ2) is 4.76. The molecule has 0 aromatic carbocycles. The van der Waals surface area contributed by atoms with E-state index in [2.05, 4.69) is 19.2 Å². The van der Waals surface area contributed by atoms with E-state index in [0.717, 1.165) is 19.3 Å². The van der Waals surface area contributed by atoms with Crippen molar-refractivity contribution in [2.45, 2.75) is 63.7 Å². The average molecular weight is 354 g/mol. The lowest BCUT2D eigenvalue weighted by atomic mass is 9.74. The van der Waals surface area contributed by atoms with E-state index in [1.54, 1.807) is 0 Å². The molecule has 4 aliphatic rings. The van der Waals surface area contributed by atoms with Crippen LogP contribution in [0.25, 0.3) is 0 Å². The Morgan fingerprint density at radius 2 is 2.12 bits per heavy atom. The zero-order chi connectivity index (χ0) is 17.5. The van der Waals surface area contributed by atoms with Gasteiger partial charge in [-0.2, -0.15) is 0 Å². The van der Waals surface area contributed by atoms with Gasteiger partial charge in [-0.05, 0) is 39.5 Å². The molecule has 0 aromatic heterocycles. The molecular formula is C18H24ClNO4. The highest BCUT2D eigenvalue weighted by molar-refractivity contribution is 6.18. The van der Waals surface area contributed by atoms with Crippen LogP contribution in [0.2, 0.25) is 0 Å². The lowest BCUT2D eigenvalue weighted by Crippen LogP contribution is -2.65. The fourth-order valence-electron chi connectivity index (χ4n) is 5.90. The van der Waals surface area contributed by atoms with Crippen molar-refractivity contribution in [3.8, 4) is 0 Å². The van der Waals surface area contributed by atoms with E-state index in [9.17, 15) is 14.7 Å². The number of carbonyl (C=O) groups is 2. The molecule has 24 heavy (non-hydrogen) atoms. The first-order valence-corrected chi connectivity index (χ1v) is 9.28. The van der Waals surface area contributed by atoms with Gasteiger partial charge in [-0.15, -0.1) is 11.6 Å². The minimum atomic E-state index is -1.06. The van der Waals surface area contributed by atoms with Crippen molar-refractivity contribution in [1.82, 2.24) is 5.32 Å². The van der Waals surface area contributed by atoms with Crippen LogP contribution in [0.1, 0.15) is 46.5 Å². The third kappa shape index (κ3) is 1.40. The Morgan fingerprint density at radius 1 is 1.42 bits per heavy atom. The quantitative estimate of drug-likeness (QED) is 0.460. The van der Waals surface area contributed by atoms with Gasteiger partial charge in [-0.1, -0.05) is 18.1 Å². The number of fused-ring (bicyclic) bond motifs is 1. The average Bonchev–Trinajstić information content (AvgIpc) is 2.76. The van der Waals surface area contributed by atoms with Gasteiger partial charge in [0.05, 0.1) is 11.3 Å². The van der Waals surface area contributed by atoms with Crippen LogP contribution in [0, 0.1) is 17.3 Å². The van der Waals surface area contributed by atoms with Gasteiger partial charge >= 0.3 is 5.97 Å². The number of alkyl halides is 1. The first kappa shape index (κ1) is 16.4. The summed E-state index contributed by atoms with van der Waals surface area (Å²) in [4.78, 5) is 24.7. The van der Waals surface area contributed by atoms with Crippen LogP contribution in [0.15, 0.2) is 11.1 Å². The summed E-state index contributed by atoms with van der Waals surface area (Å²) in [6.45, 7) is 6.05. The molecule has 4 rings (SSSR count). The van der Waals surface area contributed by atoms with Gasteiger partial charge in [0.25, 0.3) is 0 Å². The molecule has 1 saturated carbocycles. The second-order valence-corrected chi connectivity index (χ2v) is 8.38. The summed E-state index contributed by atoms with van der Waals surface area (Å²) >= 11 is 5.88. The molecule has 6 heteroatoms. The molecule has 1 amide bonds. The van der Waals surface area contributed by atoms with Gasteiger partial charge in [0.2, 0.25) is 5.91 Å². The van der Waals surface area contributed by atoms with E-state index in [-0.39, 0.29) is 11.8 Å². The van der Waals surface area contributed by atoms with E-state index < -0.39 is 34.5 Å². The topological polar surface area (TPSA) is 75.6 Å². The van der Waals surface area contributed by atoms with Crippen LogP contribution in [0.3, 0.4) is 0 Å². The summed E-state index contributed by atoms with van der Waals surface area (Å²) in [5.41, 5.74) is -0.271. The molecule has 2 saturated heterocycles. The number of nitrogens with one attached hydrogen (secondary N) is 1. The zero-order valence-corrected chi connectivity index (χ0v) is 15.1. The smallest absolute Gasteiger partial charge is 0.337 e. The van der Waals surface area contributed by atoms with Crippen molar-refractivity contribution in [2.24, 2.45) is 17.3 Å². The molecule has 6 atom stereocenters. The monoisotopic (exact) mass is 353 g/mol. The fourth-order valence-corrected chi connectivity index (χ4v) is 6.12. The van der Waals surface area contributed by atoms with Gasteiger partial charge in [-0.25, -0.2) is 4.79 Å². The Bertz CT molecular complexity index is 676. The molecule has 2 aliphatic heterocycles. The van der Waals surface area contributed by atoms with Crippen molar-refractivity contribution in [1.29, 1.82) is 0 Å². The third-order valence-electron chi connectivity index (χ3n) is 7.42. The molecule has 2 N–H and O–H groups in total. The van der Waals surface area contributed by atoms with Crippen LogP contribution in [-0.4, -0.2) is 40.1 Å². The number of carbonyl (C=O) groups excluding carboxylic acids is 2. The normalized spacial score (nSPS) is 47.4. The summed E-state index contributed by atoms with van der Waals surface area (Å²) in [5, 5.41) is 14.1. The molecule has 5 nitrogen and oxygen atoms in total. The molecule has 3 fully saturated rings. The second-order valence-electron chi connectivity index (χ2n) is 8.00. The SMILES string of the molecule is CC1=C(C)[C@@H]([C@H](O)C23OC(=O)C24NC(=O)[C@H](CCCl)[C@]43C)CCC1. The number of amides is 1. The van der Waals surface area contributed by atoms with E-state index in [4.69, 9.17) is 16.3 Å². The van der Waals surface area contributed by atoms with E-state index in [0.29, 0.717) is 12.3 Å². The van der Waals surface area contributed by atoms with E-state index in [1.165, 1.54) is 11.1 Å². The van der Waals surface area contributed by atoms with Crippen LogP contribution in [0.5, 0.6) is 0 Å². The predicted octanol–water partition coefficient (Wildman–Crippen LogP) is 1.91. The number of ether oxygens (including phenoxy) is 1. The number of allylic oxidation sites excluding steroid dienone is 1. The maximum absolute atomic E-state index is 12.3. The molecule has 2 unspecified atom stereocenters. The predicted molar refractivity (Wildman–Crippen MR) is 88.4 cm³/mol. The number of esters is 1. The maximum atomic E-state index is 12.3. The third-order valence-corrected chi connectivity index (χ3v) is 7.64. The van der Waals surface area contributed by atoms with Crippen molar-refractivity contribution in [2.75, 3.05) is 5.88 Å². The van der Waals surface area contributed by atoms with Crippen LogP contribution in [-0.2, 0) is 14.3 Å². The molecule has 2 aliphatic carbocycles. The first-order chi connectivity index (χ1) is 11.3. The molecule has 1 spiro atoms. The first-order valence-electron chi connectivity index (χ1n) is 8.75. The molecular weight excluding hydrogens is 330 g/mol.